The van der Waals surface area contributed by atoms with E-state index >= 15 is 0 Å². The lowest BCUT2D eigenvalue weighted by molar-refractivity contribution is 0.0683. The number of carboxylic acid groups (broad SMARTS) is 1. The van der Waals surface area contributed by atoms with Gasteiger partial charge in [0.05, 0.1) is 0 Å². The Morgan fingerprint density at radius 1 is 1.17 bits per heavy atom. The number of hydrogen-bond acceptors (Lipinski definition) is 2. The molecule has 0 aliphatic heterocycles. The molecule has 0 radical (unpaired) electrons. The zero-order valence-corrected chi connectivity index (χ0v) is 11.3. The molecule has 1 aromatic rings. The molecule has 0 spiro atoms. The number of carbonyl (C=O) groups is 1. The minimum absolute atomic E-state index is 0.290. The molecule has 0 aromatic carbocycles. The molecule has 0 aliphatic carbocycles. The summed E-state index contributed by atoms with van der Waals surface area (Å²) in [6, 6.07) is 1.55. The van der Waals surface area contributed by atoms with Gasteiger partial charge in [0, 0.05) is 12.7 Å². The van der Waals surface area contributed by atoms with Crippen molar-refractivity contribution in [1.29, 1.82) is 0 Å². The van der Waals surface area contributed by atoms with Crippen LogP contribution in [0.25, 0.3) is 0 Å². The standard InChI is InChI=1S/C14H24N2O2/c1-2-3-4-5-6-7-8-9-12-16-13(14(17)18)10-11-15-16/h10-11H,2-9,12H2,1H3,(H,17,18). The highest BCUT2D eigenvalue weighted by Crippen LogP contribution is 2.09. The van der Waals surface area contributed by atoms with Gasteiger partial charge in [-0.15, -0.1) is 0 Å². The van der Waals surface area contributed by atoms with E-state index in [-0.39, 0.29) is 5.69 Å². The summed E-state index contributed by atoms with van der Waals surface area (Å²) in [4.78, 5) is 10.9. The number of aryl methyl sites for hydroxylation is 1. The molecule has 0 amide bonds. The van der Waals surface area contributed by atoms with Gasteiger partial charge in [-0.2, -0.15) is 5.10 Å². The lowest BCUT2D eigenvalue weighted by atomic mass is 10.1. The Morgan fingerprint density at radius 2 is 1.78 bits per heavy atom. The minimum Gasteiger partial charge on any atom is -0.477 e. The first-order chi connectivity index (χ1) is 8.75. The molecule has 1 heterocycles. The van der Waals surface area contributed by atoms with Crippen molar-refractivity contribution in [3.8, 4) is 0 Å². The Labute approximate surface area is 109 Å². The Kier molecular flexibility index (Phi) is 7.14. The van der Waals surface area contributed by atoms with Gasteiger partial charge >= 0.3 is 5.97 Å². The maximum Gasteiger partial charge on any atom is 0.354 e. The maximum atomic E-state index is 10.9. The smallest absolute Gasteiger partial charge is 0.354 e. The zero-order chi connectivity index (χ0) is 13.2. The minimum atomic E-state index is -0.896. The number of carboxylic acids is 1. The Hall–Kier alpha value is -1.32. The summed E-state index contributed by atoms with van der Waals surface area (Å²) in [5, 5.41) is 12.9. The van der Waals surface area contributed by atoms with Gasteiger partial charge < -0.3 is 5.11 Å². The zero-order valence-electron chi connectivity index (χ0n) is 11.3. The van der Waals surface area contributed by atoms with Crippen LogP contribution < -0.4 is 0 Å². The lowest BCUT2D eigenvalue weighted by Gasteiger charge is -2.04. The molecule has 1 aromatic heterocycles. The van der Waals surface area contributed by atoms with Gasteiger partial charge in [0.2, 0.25) is 0 Å². The maximum absolute atomic E-state index is 10.9. The van der Waals surface area contributed by atoms with E-state index in [1.165, 1.54) is 38.5 Å². The fourth-order valence-corrected chi connectivity index (χ4v) is 2.09. The van der Waals surface area contributed by atoms with Crippen LogP contribution in [0.4, 0.5) is 0 Å². The van der Waals surface area contributed by atoms with Crippen molar-refractivity contribution < 1.29 is 9.90 Å². The summed E-state index contributed by atoms with van der Waals surface area (Å²) >= 11 is 0. The topological polar surface area (TPSA) is 55.1 Å². The Balaban J connectivity index is 2.07. The molecule has 0 saturated heterocycles. The van der Waals surface area contributed by atoms with Gasteiger partial charge in [-0.05, 0) is 12.5 Å². The van der Waals surface area contributed by atoms with Crippen molar-refractivity contribution in [3.05, 3.63) is 18.0 Å². The third-order valence-corrected chi connectivity index (χ3v) is 3.16. The van der Waals surface area contributed by atoms with E-state index in [0.717, 1.165) is 12.8 Å². The fourth-order valence-electron chi connectivity index (χ4n) is 2.09. The highest BCUT2D eigenvalue weighted by molar-refractivity contribution is 5.85. The van der Waals surface area contributed by atoms with Gasteiger partial charge in [-0.25, -0.2) is 4.79 Å². The molecule has 0 saturated carbocycles. The molecular weight excluding hydrogens is 228 g/mol. The van der Waals surface area contributed by atoms with Crippen LogP contribution in [-0.2, 0) is 6.54 Å². The van der Waals surface area contributed by atoms with Crippen molar-refractivity contribution in [1.82, 2.24) is 9.78 Å². The second-order valence-electron chi connectivity index (χ2n) is 4.72. The van der Waals surface area contributed by atoms with Gasteiger partial charge in [0.1, 0.15) is 5.69 Å². The molecule has 1 N–H and O–H groups in total. The van der Waals surface area contributed by atoms with Crippen LogP contribution in [0.1, 0.15) is 68.8 Å². The van der Waals surface area contributed by atoms with Gasteiger partial charge in [0.25, 0.3) is 0 Å². The molecule has 18 heavy (non-hydrogen) atoms. The third kappa shape index (κ3) is 5.34. The number of rotatable bonds is 10. The van der Waals surface area contributed by atoms with Crippen LogP contribution in [0, 0.1) is 0 Å². The molecular formula is C14H24N2O2. The summed E-state index contributed by atoms with van der Waals surface area (Å²) in [7, 11) is 0. The van der Waals surface area contributed by atoms with Crippen LogP contribution in [0.5, 0.6) is 0 Å². The van der Waals surface area contributed by atoms with Crippen molar-refractivity contribution >= 4 is 5.97 Å². The predicted molar refractivity (Wildman–Crippen MR) is 71.8 cm³/mol. The average Bonchev–Trinajstić information content (AvgIpc) is 2.81. The van der Waals surface area contributed by atoms with Crippen LogP contribution in [0.15, 0.2) is 12.3 Å². The van der Waals surface area contributed by atoms with Crippen molar-refractivity contribution in [2.45, 2.75) is 64.8 Å². The molecule has 0 aliphatic rings. The van der Waals surface area contributed by atoms with Gasteiger partial charge in [-0.3, -0.25) is 4.68 Å². The molecule has 0 fully saturated rings. The average molecular weight is 252 g/mol. The van der Waals surface area contributed by atoms with Crippen LogP contribution in [-0.4, -0.2) is 20.9 Å². The Bertz CT molecular complexity index is 347. The second-order valence-corrected chi connectivity index (χ2v) is 4.72. The quantitative estimate of drug-likeness (QED) is 0.646. The van der Waals surface area contributed by atoms with E-state index in [9.17, 15) is 4.79 Å². The SMILES string of the molecule is CCCCCCCCCCn1nccc1C(=O)O. The highest BCUT2D eigenvalue weighted by Gasteiger charge is 2.08. The first-order valence-electron chi connectivity index (χ1n) is 7.00. The summed E-state index contributed by atoms with van der Waals surface area (Å²) in [6.45, 7) is 2.94. The van der Waals surface area contributed by atoms with Crippen LogP contribution >= 0.6 is 0 Å². The van der Waals surface area contributed by atoms with Crippen molar-refractivity contribution in [2.75, 3.05) is 0 Å². The number of hydrogen-bond donors (Lipinski definition) is 1. The predicted octanol–water partition coefficient (Wildman–Crippen LogP) is 3.72. The number of aromatic carboxylic acids is 1. The number of aromatic nitrogens is 2. The van der Waals surface area contributed by atoms with Crippen molar-refractivity contribution in [3.63, 3.8) is 0 Å². The fraction of sp³-hybridized carbons (Fsp3) is 0.714. The molecule has 0 bridgehead atoms. The molecule has 4 nitrogen and oxygen atoms in total. The first kappa shape index (κ1) is 14.7. The molecule has 0 unspecified atom stereocenters. The summed E-state index contributed by atoms with van der Waals surface area (Å²) in [6.07, 6.45) is 11.6. The summed E-state index contributed by atoms with van der Waals surface area (Å²) in [5.74, 6) is -0.896. The third-order valence-electron chi connectivity index (χ3n) is 3.16. The van der Waals surface area contributed by atoms with Crippen LogP contribution in [0.2, 0.25) is 0 Å². The lowest BCUT2D eigenvalue weighted by Crippen LogP contribution is -2.09. The molecule has 102 valence electrons. The molecule has 1 rings (SSSR count). The second kappa shape index (κ2) is 8.72. The first-order valence-corrected chi connectivity index (χ1v) is 7.00. The van der Waals surface area contributed by atoms with E-state index in [4.69, 9.17) is 5.11 Å². The van der Waals surface area contributed by atoms with E-state index < -0.39 is 5.97 Å². The monoisotopic (exact) mass is 252 g/mol. The Morgan fingerprint density at radius 3 is 2.39 bits per heavy atom. The molecule has 4 heteroatoms. The number of unbranched alkanes of at least 4 members (excludes halogenated alkanes) is 7. The largest absolute Gasteiger partial charge is 0.477 e. The van der Waals surface area contributed by atoms with Gasteiger partial charge in [-0.1, -0.05) is 51.9 Å². The normalized spacial score (nSPS) is 10.7. The molecule has 0 atom stereocenters. The van der Waals surface area contributed by atoms with E-state index in [2.05, 4.69) is 12.0 Å². The summed E-state index contributed by atoms with van der Waals surface area (Å²) < 4.78 is 1.58. The summed E-state index contributed by atoms with van der Waals surface area (Å²) in [5.41, 5.74) is 0.290. The van der Waals surface area contributed by atoms with Crippen LogP contribution in [0.3, 0.4) is 0 Å². The number of nitrogens with zero attached hydrogens (tertiary/aromatic N) is 2. The highest BCUT2D eigenvalue weighted by atomic mass is 16.4. The van der Waals surface area contributed by atoms with E-state index in [1.54, 1.807) is 16.9 Å². The van der Waals surface area contributed by atoms with E-state index in [1.807, 2.05) is 0 Å². The van der Waals surface area contributed by atoms with Gasteiger partial charge in [0.15, 0.2) is 0 Å². The van der Waals surface area contributed by atoms with E-state index in [0.29, 0.717) is 6.54 Å². The van der Waals surface area contributed by atoms with Crippen molar-refractivity contribution in [2.24, 2.45) is 0 Å².